The number of rotatable bonds is 2. The van der Waals surface area contributed by atoms with Gasteiger partial charge < -0.3 is 15.0 Å². The Morgan fingerprint density at radius 2 is 2.04 bits per heavy atom. The third-order valence-corrected chi connectivity index (χ3v) is 4.83. The van der Waals surface area contributed by atoms with Crippen LogP contribution in [0.1, 0.15) is 39.6 Å². The molecule has 2 aromatic carbocycles. The second-order valence-electron chi connectivity index (χ2n) is 6.34. The van der Waals surface area contributed by atoms with Gasteiger partial charge >= 0.3 is 0 Å². The zero-order valence-corrected chi connectivity index (χ0v) is 13.8. The summed E-state index contributed by atoms with van der Waals surface area (Å²) in [6, 6.07) is 13.7. The largest absolute Gasteiger partial charge is 0.493 e. The highest BCUT2D eigenvalue weighted by atomic mass is 16.5. The molecule has 24 heavy (non-hydrogen) atoms. The fraction of sp³-hybridized carbons (Fsp3) is 0.250. The first-order chi connectivity index (χ1) is 11.6. The summed E-state index contributed by atoms with van der Waals surface area (Å²) < 4.78 is 5.66. The number of hydrogen-bond acceptors (Lipinski definition) is 2. The number of ether oxygens (including phenoxy) is 1. The van der Waals surface area contributed by atoms with E-state index in [1.807, 2.05) is 49.4 Å². The number of aryl methyl sites for hydroxylation is 2. The molecule has 0 unspecified atom stereocenters. The predicted molar refractivity (Wildman–Crippen MR) is 94.5 cm³/mol. The minimum atomic E-state index is -0.0446. The Morgan fingerprint density at radius 1 is 1.21 bits per heavy atom. The van der Waals surface area contributed by atoms with Gasteiger partial charge in [-0.3, -0.25) is 4.79 Å². The normalized spacial score (nSPS) is 16.5. The van der Waals surface area contributed by atoms with E-state index >= 15 is 0 Å². The first kappa shape index (κ1) is 14.8. The number of H-pyrrole nitrogens is 1. The summed E-state index contributed by atoms with van der Waals surface area (Å²) in [7, 11) is 0. The van der Waals surface area contributed by atoms with E-state index < -0.39 is 0 Å². The number of hydrogen-bond donors (Lipinski definition) is 2. The molecule has 2 heterocycles. The summed E-state index contributed by atoms with van der Waals surface area (Å²) in [5.74, 6) is 0.818. The number of benzene rings is 2. The van der Waals surface area contributed by atoms with Crippen LogP contribution in [-0.2, 0) is 0 Å². The zero-order valence-electron chi connectivity index (χ0n) is 13.8. The number of carbonyl (C=O) groups excluding carboxylic acids is 1. The number of aromatic amines is 1. The minimum Gasteiger partial charge on any atom is -0.493 e. The SMILES string of the molecule is Cc1[nH]c2ccc(C(=O)N[C@@H]3CCOc4ccccc43)cc2c1C. The fourth-order valence-corrected chi connectivity index (χ4v) is 3.34. The van der Waals surface area contributed by atoms with Crippen molar-refractivity contribution in [1.29, 1.82) is 0 Å². The lowest BCUT2D eigenvalue weighted by atomic mass is 10.00. The van der Waals surface area contributed by atoms with Gasteiger partial charge in [0.15, 0.2) is 0 Å². The summed E-state index contributed by atoms with van der Waals surface area (Å²) >= 11 is 0. The number of para-hydroxylation sites is 1. The molecule has 0 saturated heterocycles. The zero-order chi connectivity index (χ0) is 16.7. The molecular formula is C20H20N2O2. The van der Waals surface area contributed by atoms with Gasteiger partial charge in [0, 0.05) is 34.1 Å². The standard InChI is InChI=1S/C20H20N2O2/c1-12-13(2)21-17-8-7-14(11-16(12)17)20(23)22-18-9-10-24-19-6-4-3-5-15(18)19/h3-8,11,18,21H,9-10H2,1-2H3,(H,22,23)/t18-/m1/s1. The van der Waals surface area contributed by atoms with E-state index in [-0.39, 0.29) is 11.9 Å². The van der Waals surface area contributed by atoms with E-state index in [2.05, 4.69) is 17.2 Å². The van der Waals surface area contributed by atoms with E-state index in [4.69, 9.17) is 4.74 Å². The van der Waals surface area contributed by atoms with Crippen LogP contribution in [0.15, 0.2) is 42.5 Å². The Kier molecular flexibility index (Phi) is 3.53. The van der Waals surface area contributed by atoms with Crippen LogP contribution in [0, 0.1) is 13.8 Å². The first-order valence-electron chi connectivity index (χ1n) is 8.25. The van der Waals surface area contributed by atoms with Crippen LogP contribution < -0.4 is 10.1 Å². The van der Waals surface area contributed by atoms with Gasteiger partial charge in [-0.2, -0.15) is 0 Å². The summed E-state index contributed by atoms with van der Waals surface area (Å²) in [6.45, 7) is 4.75. The fourth-order valence-electron chi connectivity index (χ4n) is 3.34. The maximum Gasteiger partial charge on any atom is 0.251 e. The average Bonchev–Trinajstić information content (AvgIpc) is 2.89. The smallest absolute Gasteiger partial charge is 0.251 e. The van der Waals surface area contributed by atoms with Crippen molar-refractivity contribution in [2.24, 2.45) is 0 Å². The molecule has 0 fully saturated rings. The molecule has 4 rings (SSSR count). The topological polar surface area (TPSA) is 54.1 Å². The molecular weight excluding hydrogens is 300 g/mol. The van der Waals surface area contributed by atoms with Gasteiger partial charge in [-0.25, -0.2) is 0 Å². The highest BCUT2D eigenvalue weighted by Crippen LogP contribution is 2.32. The van der Waals surface area contributed by atoms with E-state index in [0.29, 0.717) is 12.2 Å². The van der Waals surface area contributed by atoms with Crippen molar-refractivity contribution in [3.8, 4) is 5.75 Å². The van der Waals surface area contributed by atoms with Gasteiger partial charge in [-0.15, -0.1) is 0 Å². The van der Waals surface area contributed by atoms with Crippen molar-refractivity contribution in [3.63, 3.8) is 0 Å². The highest BCUT2D eigenvalue weighted by Gasteiger charge is 2.23. The molecule has 4 nitrogen and oxygen atoms in total. The van der Waals surface area contributed by atoms with Gasteiger partial charge in [0.2, 0.25) is 0 Å². The average molecular weight is 320 g/mol. The van der Waals surface area contributed by atoms with Crippen LogP contribution in [0.4, 0.5) is 0 Å². The van der Waals surface area contributed by atoms with E-state index in [0.717, 1.165) is 34.3 Å². The molecule has 1 aromatic heterocycles. The van der Waals surface area contributed by atoms with Crippen LogP contribution in [0.5, 0.6) is 5.75 Å². The molecule has 0 spiro atoms. The van der Waals surface area contributed by atoms with Gasteiger partial charge in [0.1, 0.15) is 5.75 Å². The molecule has 0 aliphatic carbocycles. The number of aromatic nitrogens is 1. The Labute approximate surface area is 140 Å². The Balaban J connectivity index is 1.62. The van der Waals surface area contributed by atoms with Crippen molar-refractivity contribution >= 4 is 16.8 Å². The van der Waals surface area contributed by atoms with Crippen LogP contribution >= 0.6 is 0 Å². The molecule has 0 saturated carbocycles. The first-order valence-corrected chi connectivity index (χ1v) is 8.25. The molecule has 4 heteroatoms. The van der Waals surface area contributed by atoms with Gasteiger partial charge in [-0.05, 0) is 43.7 Å². The molecule has 1 amide bonds. The third kappa shape index (κ3) is 2.44. The summed E-state index contributed by atoms with van der Waals surface area (Å²) in [6.07, 6.45) is 0.785. The Morgan fingerprint density at radius 3 is 2.92 bits per heavy atom. The van der Waals surface area contributed by atoms with Gasteiger partial charge in [-0.1, -0.05) is 18.2 Å². The third-order valence-electron chi connectivity index (χ3n) is 4.83. The van der Waals surface area contributed by atoms with Crippen LogP contribution in [0.25, 0.3) is 10.9 Å². The van der Waals surface area contributed by atoms with Crippen molar-refractivity contribution in [1.82, 2.24) is 10.3 Å². The number of nitrogens with one attached hydrogen (secondary N) is 2. The lowest BCUT2D eigenvalue weighted by Gasteiger charge is -2.26. The Bertz CT molecular complexity index is 927. The molecule has 1 atom stereocenters. The number of carbonyl (C=O) groups is 1. The van der Waals surface area contributed by atoms with E-state index in [9.17, 15) is 4.79 Å². The molecule has 0 bridgehead atoms. The molecule has 3 aromatic rings. The summed E-state index contributed by atoms with van der Waals surface area (Å²) in [5, 5.41) is 4.26. The quantitative estimate of drug-likeness (QED) is 0.749. The monoisotopic (exact) mass is 320 g/mol. The van der Waals surface area contributed by atoms with Crippen molar-refractivity contribution in [2.75, 3.05) is 6.61 Å². The molecule has 122 valence electrons. The van der Waals surface area contributed by atoms with Crippen LogP contribution in [0.3, 0.4) is 0 Å². The van der Waals surface area contributed by atoms with E-state index in [1.54, 1.807) is 0 Å². The van der Waals surface area contributed by atoms with Crippen molar-refractivity contribution in [2.45, 2.75) is 26.3 Å². The lowest BCUT2D eigenvalue weighted by molar-refractivity contribution is 0.0925. The second-order valence-corrected chi connectivity index (χ2v) is 6.34. The predicted octanol–water partition coefficient (Wildman–Crippen LogP) is 4.04. The van der Waals surface area contributed by atoms with Gasteiger partial charge in [0.05, 0.1) is 12.6 Å². The second kappa shape index (κ2) is 5.71. The van der Waals surface area contributed by atoms with Crippen molar-refractivity contribution in [3.05, 3.63) is 64.8 Å². The number of amides is 1. The summed E-state index contributed by atoms with van der Waals surface area (Å²) in [5.41, 5.74) is 5.13. The van der Waals surface area contributed by atoms with Crippen LogP contribution in [0.2, 0.25) is 0 Å². The molecule has 1 aliphatic heterocycles. The maximum atomic E-state index is 12.7. The number of fused-ring (bicyclic) bond motifs is 2. The molecule has 0 radical (unpaired) electrons. The maximum absolute atomic E-state index is 12.7. The Hall–Kier alpha value is -2.75. The lowest BCUT2D eigenvalue weighted by Crippen LogP contribution is -2.32. The van der Waals surface area contributed by atoms with Gasteiger partial charge in [0.25, 0.3) is 5.91 Å². The van der Waals surface area contributed by atoms with Crippen molar-refractivity contribution < 1.29 is 9.53 Å². The van der Waals surface area contributed by atoms with Crippen LogP contribution in [-0.4, -0.2) is 17.5 Å². The summed E-state index contributed by atoms with van der Waals surface area (Å²) in [4.78, 5) is 16.1. The molecule has 1 aliphatic rings. The molecule has 2 N–H and O–H groups in total. The van der Waals surface area contributed by atoms with E-state index in [1.165, 1.54) is 5.56 Å². The minimum absolute atomic E-state index is 0.00722. The highest BCUT2D eigenvalue weighted by molar-refractivity contribution is 5.99.